The summed E-state index contributed by atoms with van der Waals surface area (Å²) >= 11 is 0. The van der Waals surface area contributed by atoms with Crippen molar-refractivity contribution >= 4 is 16.0 Å². The fourth-order valence-corrected chi connectivity index (χ4v) is 2.78. The summed E-state index contributed by atoms with van der Waals surface area (Å²) in [6.07, 6.45) is 2.30. The fourth-order valence-electron chi connectivity index (χ4n) is 2.31. The Kier molecular flexibility index (Phi) is 5.69. The molecule has 0 bridgehead atoms. The molecule has 1 aliphatic carbocycles. The predicted molar refractivity (Wildman–Crippen MR) is 80.4 cm³/mol. The van der Waals surface area contributed by atoms with E-state index in [1.807, 2.05) is 6.92 Å². The summed E-state index contributed by atoms with van der Waals surface area (Å²) in [5.74, 6) is 0.912. The van der Waals surface area contributed by atoms with Crippen LogP contribution in [-0.4, -0.2) is 45.1 Å². The van der Waals surface area contributed by atoms with E-state index in [1.54, 1.807) is 12.1 Å². The summed E-state index contributed by atoms with van der Waals surface area (Å²) in [6.45, 7) is 5.83. The summed E-state index contributed by atoms with van der Waals surface area (Å²) in [6, 6.07) is 5.78. The van der Waals surface area contributed by atoms with Gasteiger partial charge in [-0.05, 0) is 31.9 Å². The molecular weight excluding hydrogens is 304 g/mol. The molecule has 2 aliphatic rings. The number of aryl methyl sites for hydroxylation is 1. The molecule has 1 aromatic rings. The first-order valence-corrected chi connectivity index (χ1v) is 8.91. The third-order valence-electron chi connectivity index (χ3n) is 3.81. The quantitative estimate of drug-likeness (QED) is 0.702. The van der Waals surface area contributed by atoms with Crippen molar-refractivity contribution < 1.29 is 22.7 Å². The Morgan fingerprint density at radius 1 is 1.18 bits per heavy atom. The number of nitrogens with one attached hydrogen (secondary N) is 2. The van der Waals surface area contributed by atoms with E-state index in [1.165, 1.54) is 17.0 Å². The van der Waals surface area contributed by atoms with E-state index < -0.39 is 10.1 Å². The maximum atomic E-state index is 11.5. The number of piperazine rings is 1. The lowest BCUT2D eigenvalue weighted by Crippen LogP contribution is -3.17. The third-order valence-corrected chi connectivity index (χ3v) is 4.66. The summed E-state index contributed by atoms with van der Waals surface area (Å²) < 4.78 is 31.2. The van der Waals surface area contributed by atoms with Gasteiger partial charge in [-0.25, -0.2) is 13.2 Å². The number of carbonyl (C=O) groups is 1. The van der Waals surface area contributed by atoms with Crippen molar-refractivity contribution in [2.75, 3.05) is 26.2 Å². The molecule has 7 heteroatoms. The lowest BCUT2D eigenvalue weighted by molar-refractivity contribution is -0.823. The molecule has 0 unspecified atom stereocenters. The molecule has 1 amide bonds. The smallest absolute Gasteiger partial charge is 0.315 e. The van der Waals surface area contributed by atoms with E-state index in [9.17, 15) is 17.8 Å². The minimum Gasteiger partial charge on any atom is -0.744 e. The van der Waals surface area contributed by atoms with E-state index in [-0.39, 0.29) is 4.90 Å². The topological polar surface area (TPSA) is 90.7 Å². The Morgan fingerprint density at radius 3 is 2.18 bits per heavy atom. The number of quaternary nitrogens is 1. The Bertz CT molecular complexity index is 603. The van der Waals surface area contributed by atoms with Crippen LogP contribution in [0.4, 0.5) is 0 Å². The van der Waals surface area contributed by atoms with Gasteiger partial charge in [-0.1, -0.05) is 17.7 Å². The minimum absolute atomic E-state index is 0.178. The van der Waals surface area contributed by atoms with Crippen LogP contribution in [0.2, 0.25) is 0 Å². The molecule has 0 spiro atoms. The Hall–Kier alpha value is -1.28. The van der Waals surface area contributed by atoms with Gasteiger partial charge in [0, 0.05) is 13.1 Å². The number of rotatable bonds is 2. The molecule has 0 aromatic heterocycles. The normalized spacial score (nSPS) is 19.2. The summed E-state index contributed by atoms with van der Waals surface area (Å²) in [5.41, 5.74) is 0.928. The molecule has 122 valence electrons. The molecular formula is C15H22N2O4S. The van der Waals surface area contributed by atoms with E-state index in [2.05, 4.69) is 5.32 Å². The minimum atomic E-state index is -4.27. The van der Waals surface area contributed by atoms with Gasteiger partial charge in [0.2, 0.25) is 0 Å². The van der Waals surface area contributed by atoms with Crippen molar-refractivity contribution in [3.8, 4) is 0 Å². The van der Waals surface area contributed by atoms with Gasteiger partial charge < -0.3 is 9.87 Å². The van der Waals surface area contributed by atoms with Crippen LogP contribution >= 0.6 is 0 Å². The molecule has 22 heavy (non-hydrogen) atoms. The lowest BCUT2D eigenvalue weighted by Gasteiger charge is -2.21. The van der Waals surface area contributed by atoms with Gasteiger partial charge in [0.15, 0.2) is 0 Å². The molecule has 1 saturated heterocycles. The molecule has 3 rings (SSSR count). The van der Waals surface area contributed by atoms with Crippen molar-refractivity contribution in [2.24, 2.45) is 5.92 Å². The zero-order valence-electron chi connectivity index (χ0n) is 12.7. The summed E-state index contributed by atoms with van der Waals surface area (Å²) in [7, 11) is -4.27. The second kappa shape index (κ2) is 7.32. The van der Waals surface area contributed by atoms with Gasteiger partial charge in [0.1, 0.15) is 10.1 Å². The van der Waals surface area contributed by atoms with Crippen LogP contribution in [0.15, 0.2) is 29.2 Å². The van der Waals surface area contributed by atoms with Crippen molar-refractivity contribution in [3.63, 3.8) is 0 Å². The zero-order chi connectivity index (χ0) is 16.2. The SMILES string of the molecule is Cc1ccc(S(=O)(=O)[O-])cc1.O=C(C1CC1)[NH+]1CCNCC1. The molecule has 1 aromatic carbocycles. The van der Waals surface area contributed by atoms with Gasteiger partial charge in [0.25, 0.3) is 0 Å². The molecule has 0 radical (unpaired) electrons. The second-order valence-corrected chi connectivity index (χ2v) is 7.14. The zero-order valence-corrected chi connectivity index (χ0v) is 13.5. The number of hydrogen-bond donors (Lipinski definition) is 2. The molecule has 1 aliphatic heterocycles. The van der Waals surface area contributed by atoms with Crippen molar-refractivity contribution in [1.82, 2.24) is 5.32 Å². The number of hydrogen-bond acceptors (Lipinski definition) is 5. The van der Waals surface area contributed by atoms with Crippen LogP contribution in [0.3, 0.4) is 0 Å². The third kappa shape index (κ3) is 5.17. The first kappa shape index (κ1) is 17.1. The lowest BCUT2D eigenvalue weighted by atomic mass is 10.2. The number of benzene rings is 1. The molecule has 1 saturated carbocycles. The van der Waals surface area contributed by atoms with Gasteiger partial charge in [0.05, 0.1) is 23.9 Å². The van der Waals surface area contributed by atoms with Gasteiger partial charge in [-0.15, -0.1) is 0 Å². The van der Waals surface area contributed by atoms with Crippen LogP contribution in [0.1, 0.15) is 18.4 Å². The number of amides is 1. The average Bonchev–Trinajstić information content (AvgIpc) is 3.32. The summed E-state index contributed by atoms with van der Waals surface area (Å²) in [4.78, 5) is 12.5. The predicted octanol–water partition coefficient (Wildman–Crippen LogP) is -0.690. The van der Waals surface area contributed by atoms with Crippen LogP contribution in [0.5, 0.6) is 0 Å². The van der Waals surface area contributed by atoms with E-state index in [4.69, 9.17) is 0 Å². The average molecular weight is 326 g/mol. The fraction of sp³-hybridized carbons (Fsp3) is 0.533. The van der Waals surface area contributed by atoms with Crippen LogP contribution in [0, 0.1) is 12.8 Å². The van der Waals surface area contributed by atoms with Crippen LogP contribution in [-0.2, 0) is 14.9 Å². The van der Waals surface area contributed by atoms with Gasteiger partial charge >= 0.3 is 5.91 Å². The van der Waals surface area contributed by atoms with E-state index >= 15 is 0 Å². The molecule has 6 nitrogen and oxygen atoms in total. The monoisotopic (exact) mass is 326 g/mol. The Balaban J connectivity index is 0.000000160. The highest BCUT2D eigenvalue weighted by molar-refractivity contribution is 7.85. The molecule has 0 atom stereocenters. The highest BCUT2D eigenvalue weighted by Gasteiger charge is 2.37. The molecule has 2 fully saturated rings. The molecule has 2 N–H and O–H groups in total. The standard InChI is InChI=1S/C8H14N2O.C7H8O3S/c11-8(7-1-2-7)10-5-3-9-4-6-10;1-6-2-4-7(5-3-6)11(8,9)10/h7,9H,1-6H2;2-5H,1H3,(H,8,9,10). The Labute approximate surface area is 131 Å². The van der Waals surface area contributed by atoms with Crippen molar-refractivity contribution in [2.45, 2.75) is 24.7 Å². The number of carbonyl (C=O) groups excluding carboxylic acids is 1. The first-order chi connectivity index (χ1) is 10.4. The van der Waals surface area contributed by atoms with Crippen LogP contribution in [0.25, 0.3) is 0 Å². The van der Waals surface area contributed by atoms with Gasteiger partial charge in [-0.2, -0.15) is 0 Å². The largest absolute Gasteiger partial charge is 0.744 e. The molecule has 1 heterocycles. The highest BCUT2D eigenvalue weighted by Crippen LogP contribution is 2.27. The van der Waals surface area contributed by atoms with Crippen LogP contribution < -0.4 is 10.2 Å². The van der Waals surface area contributed by atoms with E-state index in [0.717, 1.165) is 44.6 Å². The van der Waals surface area contributed by atoms with Gasteiger partial charge in [-0.3, -0.25) is 4.90 Å². The Morgan fingerprint density at radius 2 is 1.73 bits per heavy atom. The van der Waals surface area contributed by atoms with Crippen molar-refractivity contribution in [3.05, 3.63) is 29.8 Å². The maximum absolute atomic E-state index is 11.5. The highest BCUT2D eigenvalue weighted by atomic mass is 32.2. The van der Waals surface area contributed by atoms with E-state index in [0.29, 0.717) is 11.8 Å². The second-order valence-electron chi connectivity index (χ2n) is 5.76. The maximum Gasteiger partial charge on any atom is 0.315 e. The summed E-state index contributed by atoms with van der Waals surface area (Å²) in [5, 5.41) is 3.26. The first-order valence-electron chi connectivity index (χ1n) is 7.50. The van der Waals surface area contributed by atoms with Crippen molar-refractivity contribution in [1.29, 1.82) is 0 Å².